The molecule has 1 heterocycles. The van der Waals surface area contributed by atoms with Crippen LogP contribution in [0.25, 0.3) is 0 Å². The summed E-state index contributed by atoms with van der Waals surface area (Å²) in [5.41, 5.74) is 2.05. The molecule has 94 valence electrons. The largest absolute Gasteiger partial charge is 0.392 e. The molecule has 1 aromatic heterocycles. The predicted molar refractivity (Wildman–Crippen MR) is 70.0 cm³/mol. The third-order valence-corrected chi connectivity index (χ3v) is 3.96. The summed E-state index contributed by atoms with van der Waals surface area (Å²) in [7, 11) is 2.13. The second kappa shape index (κ2) is 5.50. The van der Waals surface area contributed by atoms with E-state index in [1.807, 2.05) is 6.07 Å². The Balaban J connectivity index is 2.10. The lowest BCUT2D eigenvalue weighted by Gasteiger charge is -2.35. The summed E-state index contributed by atoms with van der Waals surface area (Å²) in [6.07, 6.45) is 8.70. The summed E-state index contributed by atoms with van der Waals surface area (Å²) in [4.78, 5) is 6.39. The normalized spacial score (nSPS) is 24.6. The molecule has 0 aromatic carbocycles. The van der Waals surface area contributed by atoms with E-state index in [9.17, 15) is 5.11 Å². The molecular weight excluding hydrogens is 212 g/mol. The van der Waals surface area contributed by atoms with Gasteiger partial charge in [-0.25, -0.2) is 0 Å². The molecule has 0 amide bonds. The van der Waals surface area contributed by atoms with E-state index in [0.29, 0.717) is 6.04 Å². The molecule has 0 radical (unpaired) electrons. The van der Waals surface area contributed by atoms with Crippen molar-refractivity contribution in [2.24, 2.45) is 5.92 Å². The van der Waals surface area contributed by atoms with Crippen LogP contribution in [0.3, 0.4) is 0 Å². The van der Waals surface area contributed by atoms with Gasteiger partial charge in [0.05, 0.1) is 6.61 Å². The van der Waals surface area contributed by atoms with Crippen LogP contribution in [-0.2, 0) is 6.61 Å². The predicted octanol–water partition coefficient (Wildman–Crippen LogP) is 2.59. The molecule has 1 aliphatic rings. The third-order valence-electron chi connectivity index (χ3n) is 3.96. The zero-order valence-electron chi connectivity index (χ0n) is 10.8. The zero-order chi connectivity index (χ0) is 12.3. The van der Waals surface area contributed by atoms with E-state index in [4.69, 9.17) is 0 Å². The van der Waals surface area contributed by atoms with Gasteiger partial charge >= 0.3 is 0 Å². The molecule has 1 saturated carbocycles. The van der Waals surface area contributed by atoms with Gasteiger partial charge in [0.25, 0.3) is 0 Å². The number of rotatable bonds is 3. The maximum absolute atomic E-state index is 9.34. The van der Waals surface area contributed by atoms with E-state index in [2.05, 4.69) is 23.9 Å². The van der Waals surface area contributed by atoms with Crippen LogP contribution in [0.15, 0.2) is 18.5 Å². The van der Waals surface area contributed by atoms with Gasteiger partial charge in [-0.05, 0) is 37.7 Å². The fourth-order valence-electron chi connectivity index (χ4n) is 2.71. The number of aromatic nitrogens is 1. The maximum Gasteiger partial charge on any atom is 0.0717 e. The monoisotopic (exact) mass is 234 g/mol. The Hall–Kier alpha value is -1.09. The van der Waals surface area contributed by atoms with Crippen molar-refractivity contribution in [3.8, 4) is 0 Å². The van der Waals surface area contributed by atoms with Gasteiger partial charge in [-0.2, -0.15) is 0 Å². The second-order valence-corrected chi connectivity index (χ2v) is 5.19. The van der Waals surface area contributed by atoms with Crippen LogP contribution in [0.5, 0.6) is 0 Å². The van der Waals surface area contributed by atoms with Crippen molar-refractivity contribution < 1.29 is 5.11 Å². The van der Waals surface area contributed by atoms with E-state index < -0.39 is 0 Å². The summed E-state index contributed by atoms with van der Waals surface area (Å²) in [5, 5.41) is 9.34. The second-order valence-electron chi connectivity index (χ2n) is 5.19. The van der Waals surface area contributed by atoms with Crippen molar-refractivity contribution >= 4 is 5.69 Å². The molecule has 0 atom stereocenters. The number of hydrogen-bond donors (Lipinski definition) is 1. The molecule has 1 fully saturated rings. The average molecular weight is 234 g/mol. The average Bonchev–Trinajstić information content (AvgIpc) is 2.39. The first-order chi connectivity index (χ1) is 8.22. The Morgan fingerprint density at radius 2 is 2.06 bits per heavy atom. The Morgan fingerprint density at radius 1 is 1.35 bits per heavy atom. The molecule has 1 aromatic rings. The minimum atomic E-state index is 0.0661. The molecule has 3 nitrogen and oxygen atoms in total. The van der Waals surface area contributed by atoms with Crippen LogP contribution in [0.1, 0.15) is 38.2 Å². The summed E-state index contributed by atoms with van der Waals surface area (Å²) < 4.78 is 0. The zero-order valence-corrected chi connectivity index (χ0v) is 10.8. The van der Waals surface area contributed by atoms with Crippen molar-refractivity contribution in [3.05, 3.63) is 24.0 Å². The molecule has 1 N–H and O–H groups in total. The Labute approximate surface area is 103 Å². The fraction of sp³-hybridized carbons (Fsp3) is 0.643. The van der Waals surface area contributed by atoms with Crippen molar-refractivity contribution in [2.75, 3.05) is 11.9 Å². The smallest absolute Gasteiger partial charge is 0.0717 e. The van der Waals surface area contributed by atoms with Crippen molar-refractivity contribution in [3.63, 3.8) is 0 Å². The van der Waals surface area contributed by atoms with Crippen molar-refractivity contribution in [1.29, 1.82) is 0 Å². The summed E-state index contributed by atoms with van der Waals surface area (Å²) in [5.74, 6) is 0.870. The van der Waals surface area contributed by atoms with Crippen LogP contribution in [0.2, 0.25) is 0 Å². The van der Waals surface area contributed by atoms with Crippen LogP contribution in [0, 0.1) is 5.92 Å². The molecule has 2 rings (SSSR count). The lowest BCUT2D eigenvalue weighted by Crippen LogP contribution is -2.35. The minimum Gasteiger partial charge on any atom is -0.392 e. The first-order valence-electron chi connectivity index (χ1n) is 6.49. The van der Waals surface area contributed by atoms with E-state index in [0.717, 1.165) is 17.2 Å². The highest BCUT2D eigenvalue weighted by molar-refractivity contribution is 5.52. The van der Waals surface area contributed by atoms with Crippen LogP contribution >= 0.6 is 0 Å². The van der Waals surface area contributed by atoms with Gasteiger partial charge < -0.3 is 10.0 Å². The first kappa shape index (κ1) is 12.4. The SMILES string of the molecule is CC1CCC(N(C)c2ccncc2CO)CC1. The van der Waals surface area contributed by atoms with Gasteiger partial charge in [-0.1, -0.05) is 6.92 Å². The number of nitrogens with zero attached hydrogens (tertiary/aromatic N) is 2. The number of pyridine rings is 1. The third kappa shape index (κ3) is 2.78. The van der Waals surface area contributed by atoms with E-state index >= 15 is 0 Å². The molecule has 0 aliphatic heterocycles. The Morgan fingerprint density at radius 3 is 2.71 bits per heavy atom. The van der Waals surface area contributed by atoms with Gasteiger partial charge in [0.1, 0.15) is 0 Å². The van der Waals surface area contributed by atoms with Crippen LogP contribution in [0.4, 0.5) is 5.69 Å². The van der Waals surface area contributed by atoms with Crippen LogP contribution < -0.4 is 4.90 Å². The molecule has 0 saturated heterocycles. The number of anilines is 1. The lowest BCUT2D eigenvalue weighted by molar-refractivity contribution is 0.280. The van der Waals surface area contributed by atoms with Crippen molar-refractivity contribution in [1.82, 2.24) is 4.98 Å². The van der Waals surface area contributed by atoms with Gasteiger partial charge in [0.15, 0.2) is 0 Å². The number of aliphatic hydroxyl groups is 1. The molecule has 3 heteroatoms. The van der Waals surface area contributed by atoms with Gasteiger partial charge in [0.2, 0.25) is 0 Å². The topological polar surface area (TPSA) is 36.4 Å². The Kier molecular flexibility index (Phi) is 4.00. The van der Waals surface area contributed by atoms with E-state index in [-0.39, 0.29) is 6.61 Å². The highest BCUT2D eigenvalue weighted by Crippen LogP contribution is 2.30. The van der Waals surface area contributed by atoms with E-state index in [1.165, 1.54) is 25.7 Å². The standard InChI is InChI=1S/C14H22N2O/c1-11-3-5-13(6-4-11)16(2)14-7-8-15-9-12(14)10-17/h7-9,11,13,17H,3-6,10H2,1-2H3. The van der Waals surface area contributed by atoms with Crippen LogP contribution in [-0.4, -0.2) is 23.2 Å². The maximum atomic E-state index is 9.34. The fourth-order valence-corrected chi connectivity index (χ4v) is 2.71. The minimum absolute atomic E-state index is 0.0661. The Bertz CT molecular complexity index is 359. The number of hydrogen-bond acceptors (Lipinski definition) is 3. The molecular formula is C14H22N2O. The molecule has 0 spiro atoms. The highest BCUT2D eigenvalue weighted by atomic mass is 16.3. The summed E-state index contributed by atoms with van der Waals surface area (Å²) in [6.45, 7) is 2.40. The van der Waals surface area contributed by atoms with Gasteiger partial charge in [-0.3, -0.25) is 4.98 Å². The molecule has 0 unspecified atom stereocenters. The van der Waals surface area contributed by atoms with Crippen molar-refractivity contribution in [2.45, 2.75) is 45.3 Å². The quantitative estimate of drug-likeness (QED) is 0.873. The van der Waals surface area contributed by atoms with Gasteiger partial charge in [0, 0.05) is 36.7 Å². The highest BCUT2D eigenvalue weighted by Gasteiger charge is 2.22. The number of aliphatic hydroxyl groups excluding tert-OH is 1. The first-order valence-corrected chi connectivity index (χ1v) is 6.49. The molecule has 17 heavy (non-hydrogen) atoms. The summed E-state index contributed by atoms with van der Waals surface area (Å²) in [6, 6.07) is 2.61. The molecule has 1 aliphatic carbocycles. The van der Waals surface area contributed by atoms with E-state index in [1.54, 1.807) is 12.4 Å². The summed E-state index contributed by atoms with van der Waals surface area (Å²) >= 11 is 0. The molecule has 0 bridgehead atoms. The lowest BCUT2D eigenvalue weighted by atomic mass is 9.86. The van der Waals surface area contributed by atoms with Gasteiger partial charge in [-0.15, -0.1) is 0 Å².